The summed E-state index contributed by atoms with van der Waals surface area (Å²) in [6.45, 7) is 0.623. The molecule has 1 N–H and O–H groups in total. The Morgan fingerprint density at radius 2 is 1.96 bits per heavy atom. The summed E-state index contributed by atoms with van der Waals surface area (Å²) < 4.78 is 42.9. The first-order valence-electron chi connectivity index (χ1n) is 7.69. The van der Waals surface area contributed by atoms with Crippen molar-refractivity contribution in [3.63, 3.8) is 0 Å². The number of benzene rings is 1. The molecule has 1 amide bonds. The molecule has 1 saturated heterocycles. The molecule has 4 nitrogen and oxygen atoms in total. The fraction of sp³-hybridized carbons (Fsp3) is 0.562. The maximum Gasteiger partial charge on any atom is 0.416 e. The van der Waals surface area contributed by atoms with Crippen LogP contribution in [0.25, 0.3) is 0 Å². The number of alkyl halides is 3. The highest BCUT2D eigenvalue weighted by atomic mass is 19.4. The molecule has 7 heteroatoms. The largest absolute Gasteiger partial charge is 0.416 e. The van der Waals surface area contributed by atoms with E-state index in [0.717, 1.165) is 37.0 Å². The molecule has 3 rings (SSSR count). The van der Waals surface area contributed by atoms with Crippen molar-refractivity contribution >= 4 is 5.91 Å². The molecule has 3 unspecified atom stereocenters. The van der Waals surface area contributed by atoms with Crippen molar-refractivity contribution in [1.29, 1.82) is 0 Å². The van der Waals surface area contributed by atoms with Gasteiger partial charge >= 0.3 is 6.18 Å². The van der Waals surface area contributed by atoms with Gasteiger partial charge < -0.3 is 4.74 Å². The van der Waals surface area contributed by atoms with Crippen molar-refractivity contribution in [1.82, 2.24) is 5.48 Å². The van der Waals surface area contributed by atoms with Crippen LogP contribution in [0.4, 0.5) is 13.2 Å². The number of rotatable bonds is 4. The fourth-order valence-electron chi connectivity index (χ4n) is 2.78. The zero-order chi connectivity index (χ0) is 16.4. The summed E-state index contributed by atoms with van der Waals surface area (Å²) in [6.07, 6.45) is -1.40. The zero-order valence-corrected chi connectivity index (χ0v) is 12.4. The number of carbonyl (C=O) groups excluding carboxylic acids is 1. The lowest BCUT2D eigenvalue weighted by molar-refractivity contribution is -0.201. The number of carbonyl (C=O) groups is 1. The number of amides is 1. The lowest BCUT2D eigenvalue weighted by Crippen LogP contribution is -2.34. The third-order valence-electron chi connectivity index (χ3n) is 4.22. The molecule has 126 valence electrons. The summed E-state index contributed by atoms with van der Waals surface area (Å²) in [7, 11) is 0. The topological polar surface area (TPSA) is 47.6 Å². The summed E-state index contributed by atoms with van der Waals surface area (Å²) in [6, 6.07) is 4.97. The Hall–Kier alpha value is -1.60. The van der Waals surface area contributed by atoms with Crippen LogP contribution in [0.3, 0.4) is 0 Å². The molecule has 0 bridgehead atoms. The summed E-state index contributed by atoms with van der Waals surface area (Å²) in [5.41, 5.74) is 2.47. The summed E-state index contributed by atoms with van der Waals surface area (Å²) in [5.74, 6) is -0.549. The van der Waals surface area contributed by atoms with Crippen LogP contribution < -0.4 is 5.48 Å². The van der Waals surface area contributed by atoms with Gasteiger partial charge in [0, 0.05) is 18.9 Å². The standard InChI is InChI=1S/C16H18F3NO3/c17-16(18,19)11-6-4-10(5-7-11)12-9-13(12)15(21)20-23-14-3-1-2-8-22-14/h4-7,12-14H,1-3,8-9H2,(H,20,21). The van der Waals surface area contributed by atoms with Crippen LogP contribution >= 0.6 is 0 Å². The predicted molar refractivity (Wildman–Crippen MR) is 75.1 cm³/mol. The molecule has 1 aliphatic carbocycles. The molecule has 3 atom stereocenters. The first kappa shape index (κ1) is 16.3. The van der Waals surface area contributed by atoms with Gasteiger partial charge in [-0.15, -0.1) is 0 Å². The second-order valence-electron chi connectivity index (χ2n) is 5.95. The number of hydroxylamine groups is 1. The van der Waals surface area contributed by atoms with E-state index in [1.54, 1.807) is 0 Å². The van der Waals surface area contributed by atoms with Gasteiger partial charge in [-0.1, -0.05) is 12.1 Å². The summed E-state index contributed by atoms with van der Waals surface area (Å²) in [5, 5.41) is 0. The molecule has 2 aliphatic rings. The molecule has 1 saturated carbocycles. The van der Waals surface area contributed by atoms with Crippen molar-refractivity contribution in [3.05, 3.63) is 35.4 Å². The van der Waals surface area contributed by atoms with Crippen LogP contribution in [0.2, 0.25) is 0 Å². The number of nitrogens with one attached hydrogen (secondary N) is 1. The third-order valence-corrected chi connectivity index (χ3v) is 4.22. The molecule has 1 aromatic rings. The van der Waals surface area contributed by atoms with Gasteiger partial charge in [0.05, 0.1) is 5.56 Å². The van der Waals surface area contributed by atoms with E-state index in [1.165, 1.54) is 12.1 Å². The van der Waals surface area contributed by atoms with E-state index >= 15 is 0 Å². The third kappa shape index (κ3) is 4.03. The van der Waals surface area contributed by atoms with Crippen LogP contribution in [0.5, 0.6) is 0 Å². The number of halogens is 3. The molecule has 1 aromatic carbocycles. The van der Waals surface area contributed by atoms with Crippen LogP contribution in [0, 0.1) is 5.92 Å². The Labute approximate surface area is 131 Å². The highest BCUT2D eigenvalue weighted by Gasteiger charge is 2.44. The van der Waals surface area contributed by atoms with E-state index in [9.17, 15) is 18.0 Å². The molecule has 2 fully saturated rings. The average molecular weight is 329 g/mol. The number of ether oxygens (including phenoxy) is 1. The molecule has 1 aliphatic heterocycles. The van der Waals surface area contributed by atoms with Crippen LogP contribution in [0.1, 0.15) is 42.7 Å². The normalized spacial score (nSPS) is 27.5. The van der Waals surface area contributed by atoms with Gasteiger partial charge in [-0.3, -0.25) is 4.79 Å². The van der Waals surface area contributed by atoms with Gasteiger partial charge in [0.2, 0.25) is 5.91 Å². The van der Waals surface area contributed by atoms with Gasteiger partial charge in [-0.25, -0.2) is 10.3 Å². The van der Waals surface area contributed by atoms with Crippen molar-refractivity contribution in [2.75, 3.05) is 6.61 Å². The van der Waals surface area contributed by atoms with Crippen LogP contribution in [-0.2, 0) is 20.5 Å². The maximum absolute atomic E-state index is 12.5. The Balaban J connectivity index is 1.49. The Kier molecular flexibility index (Phi) is 4.59. The minimum Gasteiger partial charge on any atom is -0.350 e. The van der Waals surface area contributed by atoms with Gasteiger partial charge in [0.1, 0.15) is 0 Å². The van der Waals surface area contributed by atoms with E-state index in [1.807, 2.05) is 0 Å². The molecule has 23 heavy (non-hydrogen) atoms. The second kappa shape index (κ2) is 6.49. The molecular weight excluding hydrogens is 311 g/mol. The summed E-state index contributed by atoms with van der Waals surface area (Å²) in [4.78, 5) is 17.2. The summed E-state index contributed by atoms with van der Waals surface area (Å²) >= 11 is 0. The second-order valence-corrected chi connectivity index (χ2v) is 5.95. The molecule has 1 heterocycles. The van der Waals surface area contributed by atoms with Gasteiger partial charge in [-0.05, 0) is 42.9 Å². The Morgan fingerprint density at radius 3 is 2.57 bits per heavy atom. The van der Waals surface area contributed by atoms with E-state index in [4.69, 9.17) is 9.57 Å². The lowest BCUT2D eigenvalue weighted by Gasteiger charge is -2.22. The van der Waals surface area contributed by atoms with E-state index in [0.29, 0.717) is 13.0 Å². The zero-order valence-electron chi connectivity index (χ0n) is 12.4. The highest BCUT2D eigenvalue weighted by molar-refractivity contribution is 5.82. The monoisotopic (exact) mass is 329 g/mol. The van der Waals surface area contributed by atoms with Gasteiger partial charge in [0.15, 0.2) is 6.29 Å². The maximum atomic E-state index is 12.5. The number of hydrogen-bond donors (Lipinski definition) is 1. The lowest BCUT2D eigenvalue weighted by atomic mass is 10.1. The van der Waals surface area contributed by atoms with E-state index < -0.39 is 18.0 Å². The minimum absolute atomic E-state index is 0.0480. The van der Waals surface area contributed by atoms with Crippen LogP contribution in [-0.4, -0.2) is 18.8 Å². The SMILES string of the molecule is O=C(NOC1CCCCO1)C1CC1c1ccc(C(F)(F)F)cc1. The first-order valence-corrected chi connectivity index (χ1v) is 7.69. The van der Waals surface area contributed by atoms with Crippen LogP contribution in [0.15, 0.2) is 24.3 Å². The smallest absolute Gasteiger partial charge is 0.350 e. The Morgan fingerprint density at radius 1 is 1.22 bits per heavy atom. The Bertz CT molecular complexity index is 553. The van der Waals surface area contributed by atoms with Gasteiger partial charge in [0.25, 0.3) is 0 Å². The van der Waals surface area contributed by atoms with Crippen molar-refractivity contribution in [3.8, 4) is 0 Å². The van der Waals surface area contributed by atoms with Crippen molar-refractivity contribution < 1.29 is 27.5 Å². The average Bonchev–Trinajstić information content (AvgIpc) is 3.34. The highest BCUT2D eigenvalue weighted by Crippen LogP contribution is 2.48. The van der Waals surface area contributed by atoms with E-state index in [-0.39, 0.29) is 17.7 Å². The van der Waals surface area contributed by atoms with Gasteiger partial charge in [-0.2, -0.15) is 13.2 Å². The molecule has 0 radical (unpaired) electrons. The fourth-order valence-corrected chi connectivity index (χ4v) is 2.78. The first-order chi connectivity index (χ1) is 10.9. The molecule has 0 spiro atoms. The molecular formula is C16H18F3NO3. The van der Waals surface area contributed by atoms with E-state index in [2.05, 4.69) is 5.48 Å². The number of hydrogen-bond acceptors (Lipinski definition) is 3. The predicted octanol–water partition coefficient (Wildman–Crippen LogP) is 3.38. The molecule has 0 aromatic heterocycles. The van der Waals surface area contributed by atoms with Crippen molar-refractivity contribution in [2.24, 2.45) is 5.92 Å². The minimum atomic E-state index is -4.34. The van der Waals surface area contributed by atoms with Crippen molar-refractivity contribution in [2.45, 2.75) is 44.1 Å². The quantitative estimate of drug-likeness (QED) is 0.862.